The van der Waals surface area contributed by atoms with Crippen LogP contribution in [0.2, 0.25) is 0 Å². The fourth-order valence-corrected chi connectivity index (χ4v) is 4.70. The molecule has 2 aromatic carbocycles. The second-order valence-electron chi connectivity index (χ2n) is 7.41. The zero-order valence-corrected chi connectivity index (χ0v) is 18.7. The van der Waals surface area contributed by atoms with Crippen molar-refractivity contribution in [3.05, 3.63) is 65.0 Å². The molecule has 2 aromatic rings. The first-order valence-corrected chi connectivity index (χ1v) is 11.5. The molecule has 1 saturated heterocycles. The Labute approximate surface area is 186 Å². The Hall–Kier alpha value is -2.82. The summed E-state index contributed by atoms with van der Waals surface area (Å²) in [6.07, 6.45) is 0. The summed E-state index contributed by atoms with van der Waals surface area (Å²) in [6.45, 7) is 2.37. The molecule has 1 aliphatic heterocycles. The molecule has 0 spiro atoms. The van der Waals surface area contributed by atoms with Gasteiger partial charge in [-0.2, -0.15) is 4.31 Å². The summed E-state index contributed by atoms with van der Waals surface area (Å²) in [7, 11) is -2.55. The first-order valence-electron chi connectivity index (χ1n) is 10.0. The van der Waals surface area contributed by atoms with Crippen LogP contribution in [0.15, 0.2) is 47.4 Å². The van der Waals surface area contributed by atoms with E-state index in [2.05, 4.69) is 0 Å². The zero-order chi connectivity index (χ0) is 23.3. The Balaban J connectivity index is 1.66. The van der Waals surface area contributed by atoms with Gasteiger partial charge in [0.2, 0.25) is 10.0 Å². The van der Waals surface area contributed by atoms with Crippen molar-refractivity contribution < 1.29 is 31.9 Å². The lowest BCUT2D eigenvalue weighted by atomic mass is 10.1. The molecule has 0 bridgehead atoms. The summed E-state index contributed by atoms with van der Waals surface area (Å²) in [6, 6.07) is 10.6. The Morgan fingerprint density at radius 3 is 2.53 bits per heavy atom. The smallest absolute Gasteiger partial charge is 0.338 e. The number of nitrogens with zero attached hydrogens (tertiary/aromatic N) is 2. The van der Waals surface area contributed by atoms with E-state index >= 15 is 0 Å². The number of amides is 1. The van der Waals surface area contributed by atoms with Gasteiger partial charge in [-0.05, 0) is 36.2 Å². The predicted molar refractivity (Wildman–Crippen MR) is 114 cm³/mol. The maximum atomic E-state index is 14.3. The third-order valence-corrected chi connectivity index (χ3v) is 7.09. The second kappa shape index (κ2) is 10.2. The highest BCUT2D eigenvalue weighted by Gasteiger charge is 2.30. The summed E-state index contributed by atoms with van der Waals surface area (Å²) in [5, 5.41) is 0. The van der Waals surface area contributed by atoms with Crippen molar-refractivity contribution in [2.45, 2.75) is 18.4 Å². The van der Waals surface area contributed by atoms with Crippen LogP contribution in [0.3, 0.4) is 0 Å². The number of carbonyl (C=O) groups is 2. The van der Waals surface area contributed by atoms with Crippen molar-refractivity contribution in [3.63, 3.8) is 0 Å². The molecule has 0 N–H and O–H groups in total. The van der Waals surface area contributed by atoms with E-state index in [1.165, 1.54) is 4.90 Å². The normalized spacial score (nSPS) is 14.7. The Morgan fingerprint density at radius 2 is 1.84 bits per heavy atom. The van der Waals surface area contributed by atoms with Crippen molar-refractivity contribution in [3.8, 4) is 0 Å². The molecular weight excluding hydrogens is 439 g/mol. The standard InChI is InChI=1S/C22H25FN2O6S/c1-16-5-3-4-6-18(16)14-24(2)21(26)15-31-22(27)17-7-8-19(23)20(13-17)32(28,29)25-9-11-30-12-10-25/h3-8,13H,9-12,14-15H2,1-2H3. The molecule has 0 aromatic heterocycles. The number of sulfonamides is 1. The number of carbonyl (C=O) groups excluding carboxylic acids is 2. The van der Waals surface area contributed by atoms with Crippen molar-refractivity contribution in [2.75, 3.05) is 40.0 Å². The van der Waals surface area contributed by atoms with E-state index in [4.69, 9.17) is 9.47 Å². The van der Waals surface area contributed by atoms with E-state index < -0.39 is 39.2 Å². The minimum atomic E-state index is -4.14. The highest BCUT2D eigenvalue weighted by atomic mass is 32.2. The van der Waals surface area contributed by atoms with Gasteiger partial charge in [-0.1, -0.05) is 24.3 Å². The van der Waals surface area contributed by atoms with Crippen LogP contribution in [0.5, 0.6) is 0 Å². The monoisotopic (exact) mass is 464 g/mol. The molecule has 0 unspecified atom stereocenters. The number of halogens is 1. The minimum Gasteiger partial charge on any atom is -0.452 e. The van der Waals surface area contributed by atoms with Crippen LogP contribution < -0.4 is 0 Å². The molecule has 3 rings (SSSR count). The van der Waals surface area contributed by atoms with Gasteiger partial charge in [0, 0.05) is 26.7 Å². The first-order chi connectivity index (χ1) is 15.2. The molecule has 32 heavy (non-hydrogen) atoms. The van der Waals surface area contributed by atoms with Crippen LogP contribution in [-0.2, 0) is 30.8 Å². The number of rotatable bonds is 7. The molecule has 10 heteroatoms. The van der Waals surface area contributed by atoms with Crippen LogP contribution in [0.1, 0.15) is 21.5 Å². The molecule has 1 fully saturated rings. The quantitative estimate of drug-likeness (QED) is 0.582. The summed E-state index contributed by atoms with van der Waals surface area (Å²) >= 11 is 0. The lowest BCUT2D eigenvalue weighted by molar-refractivity contribution is -0.133. The van der Waals surface area contributed by atoms with Crippen molar-refractivity contribution in [2.24, 2.45) is 0 Å². The summed E-state index contributed by atoms with van der Waals surface area (Å²) in [5.41, 5.74) is 1.84. The van der Waals surface area contributed by atoms with Crippen LogP contribution in [0, 0.1) is 12.7 Å². The van der Waals surface area contributed by atoms with Gasteiger partial charge in [-0.3, -0.25) is 4.79 Å². The highest BCUT2D eigenvalue weighted by Crippen LogP contribution is 2.22. The van der Waals surface area contributed by atoms with Crippen LogP contribution in [0.4, 0.5) is 4.39 Å². The molecule has 172 valence electrons. The van der Waals surface area contributed by atoms with Gasteiger partial charge >= 0.3 is 5.97 Å². The number of hydrogen-bond acceptors (Lipinski definition) is 6. The number of aryl methyl sites for hydroxylation is 1. The third kappa shape index (κ3) is 5.50. The van der Waals surface area contributed by atoms with Crippen molar-refractivity contribution >= 4 is 21.9 Å². The fourth-order valence-electron chi connectivity index (χ4n) is 3.21. The molecule has 0 saturated carbocycles. The zero-order valence-electron chi connectivity index (χ0n) is 17.9. The number of ether oxygens (including phenoxy) is 2. The van der Waals surface area contributed by atoms with Gasteiger partial charge in [-0.15, -0.1) is 0 Å². The van der Waals surface area contributed by atoms with Gasteiger partial charge in [0.05, 0.1) is 18.8 Å². The highest BCUT2D eigenvalue weighted by molar-refractivity contribution is 7.89. The van der Waals surface area contributed by atoms with Crippen LogP contribution in [0.25, 0.3) is 0 Å². The van der Waals surface area contributed by atoms with Crippen molar-refractivity contribution in [1.82, 2.24) is 9.21 Å². The largest absolute Gasteiger partial charge is 0.452 e. The van der Waals surface area contributed by atoms with Gasteiger partial charge in [0.25, 0.3) is 5.91 Å². The number of likely N-dealkylation sites (N-methyl/N-ethyl adjacent to an activating group) is 1. The fraction of sp³-hybridized carbons (Fsp3) is 0.364. The Morgan fingerprint density at radius 1 is 1.16 bits per heavy atom. The van der Waals surface area contributed by atoms with Crippen LogP contribution in [-0.4, -0.2) is 69.5 Å². The molecule has 1 heterocycles. The average Bonchev–Trinajstić information content (AvgIpc) is 2.79. The third-order valence-electron chi connectivity index (χ3n) is 5.18. The van der Waals surface area contributed by atoms with E-state index in [9.17, 15) is 22.4 Å². The molecule has 0 aliphatic carbocycles. The summed E-state index contributed by atoms with van der Waals surface area (Å²) in [4.78, 5) is 25.6. The van der Waals surface area contributed by atoms with Crippen molar-refractivity contribution in [1.29, 1.82) is 0 Å². The van der Waals surface area contributed by atoms with Gasteiger partial charge in [0.15, 0.2) is 6.61 Å². The molecule has 1 aliphatic rings. The van der Waals surface area contributed by atoms with E-state index in [0.717, 1.165) is 33.6 Å². The topological polar surface area (TPSA) is 93.2 Å². The number of esters is 1. The molecule has 1 amide bonds. The van der Waals surface area contributed by atoms with Gasteiger partial charge < -0.3 is 14.4 Å². The van der Waals surface area contributed by atoms with E-state index in [1.54, 1.807) is 7.05 Å². The predicted octanol–water partition coefficient (Wildman–Crippen LogP) is 1.97. The molecule has 0 radical (unpaired) electrons. The van der Waals surface area contributed by atoms with Crippen LogP contribution >= 0.6 is 0 Å². The minimum absolute atomic E-state index is 0.0954. The molecule has 0 atom stereocenters. The maximum absolute atomic E-state index is 14.3. The number of benzene rings is 2. The number of hydrogen-bond donors (Lipinski definition) is 0. The van der Waals surface area contributed by atoms with E-state index in [-0.39, 0.29) is 31.9 Å². The van der Waals surface area contributed by atoms with E-state index in [0.29, 0.717) is 6.54 Å². The average molecular weight is 465 g/mol. The SMILES string of the molecule is Cc1ccccc1CN(C)C(=O)COC(=O)c1ccc(F)c(S(=O)(=O)N2CCOCC2)c1. The maximum Gasteiger partial charge on any atom is 0.338 e. The van der Waals surface area contributed by atoms with E-state index in [1.807, 2.05) is 31.2 Å². The number of morpholine rings is 1. The first kappa shape index (κ1) is 23.8. The van der Waals surface area contributed by atoms with Gasteiger partial charge in [0.1, 0.15) is 10.7 Å². The van der Waals surface area contributed by atoms with Gasteiger partial charge in [-0.25, -0.2) is 17.6 Å². The second-order valence-corrected chi connectivity index (χ2v) is 9.32. The lowest BCUT2D eigenvalue weighted by Gasteiger charge is -2.26. The molecule has 8 nitrogen and oxygen atoms in total. The Bertz CT molecular complexity index is 1100. The molecular formula is C22H25FN2O6S. The summed E-state index contributed by atoms with van der Waals surface area (Å²) < 4.78 is 51.1. The Kier molecular flexibility index (Phi) is 7.60. The lowest BCUT2D eigenvalue weighted by Crippen LogP contribution is -2.41. The summed E-state index contributed by atoms with van der Waals surface area (Å²) in [5.74, 6) is -2.31.